The number of amidine groups is 1. The second-order valence-corrected chi connectivity index (χ2v) is 4.18. The molecule has 1 aromatic carbocycles. The topological polar surface area (TPSA) is 59.1 Å². The highest BCUT2D eigenvalue weighted by atomic mass is 35.5. The van der Waals surface area contributed by atoms with Gasteiger partial charge in [0.1, 0.15) is 24.1 Å². The van der Waals surface area contributed by atoms with E-state index in [9.17, 15) is 13.2 Å². The fourth-order valence-electron chi connectivity index (χ4n) is 1.25. The van der Waals surface area contributed by atoms with Crippen molar-refractivity contribution in [3.05, 3.63) is 28.8 Å². The van der Waals surface area contributed by atoms with Crippen molar-refractivity contribution in [2.45, 2.75) is 13.1 Å². The molecule has 0 fully saturated rings. The highest BCUT2D eigenvalue weighted by Gasteiger charge is 2.42. The zero-order chi connectivity index (χ0) is 13.9. The Morgan fingerprint density at radius 2 is 2.11 bits per heavy atom. The van der Waals surface area contributed by atoms with Crippen LogP contribution in [0.5, 0.6) is 5.75 Å². The molecule has 0 amide bonds. The third-order valence-electron chi connectivity index (χ3n) is 2.32. The van der Waals surface area contributed by atoms with Crippen LogP contribution in [0.1, 0.15) is 5.56 Å². The minimum absolute atomic E-state index is 0.257. The summed E-state index contributed by atoms with van der Waals surface area (Å²) in [6, 6.07) is 4.52. The summed E-state index contributed by atoms with van der Waals surface area (Å²) >= 11 is 5.78. The summed E-state index contributed by atoms with van der Waals surface area (Å²) in [5.41, 5.74) is 5.60. The molecule has 3 N–H and O–H groups in total. The van der Waals surface area contributed by atoms with Crippen molar-refractivity contribution in [2.75, 3.05) is 6.61 Å². The number of nitrogens with one attached hydrogen (secondary N) is 1. The van der Waals surface area contributed by atoms with Crippen LogP contribution in [0.4, 0.5) is 13.2 Å². The van der Waals surface area contributed by atoms with Crippen LogP contribution < -0.4 is 10.5 Å². The van der Waals surface area contributed by atoms with Crippen molar-refractivity contribution in [2.24, 2.45) is 11.7 Å². The molecule has 0 heterocycles. The third-order valence-corrected chi connectivity index (χ3v) is 2.74. The largest absolute Gasteiger partial charge is 0.492 e. The first-order chi connectivity index (χ1) is 8.21. The minimum Gasteiger partial charge on any atom is -0.492 e. The van der Waals surface area contributed by atoms with E-state index in [4.69, 9.17) is 27.5 Å². The summed E-state index contributed by atoms with van der Waals surface area (Å²) in [6.07, 6.45) is -4.59. The van der Waals surface area contributed by atoms with Gasteiger partial charge in [-0.15, -0.1) is 0 Å². The van der Waals surface area contributed by atoms with Gasteiger partial charge in [0.2, 0.25) is 0 Å². The molecule has 3 nitrogen and oxygen atoms in total. The molecule has 1 rings (SSSR count). The predicted octanol–water partition coefficient (Wildman–Crippen LogP) is 3.14. The van der Waals surface area contributed by atoms with Crippen molar-refractivity contribution in [3.63, 3.8) is 0 Å². The number of ether oxygens (including phenoxy) is 1. The summed E-state index contributed by atoms with van der Waals surface area (Å²) in [5, 5.41) is 7.41. The van der Waals surface area contributed by atoms with Gasteiger partial charge in [0.05, 0.1) is 0 Å². The van der Waals surface area contributed by atoms with Crippen LogP contribution >= 0.6 is 11.6 Å². The number of hydrogen-bond donors (Lipinski definition) is 2. The van der Waals surface area contributed by atoms with Crippen molar-refractivity contribution in [1.29, 1.82) is 5.41 Å². The lowest BCUT2D eigenvalue weighted by atomic mass is 10.1. The SMILES string of the molecule is Cc1cc(OCC(C(=N)N)C(F)(F)F)ccc1Cl. The van der Waals surface area contributed by atoms with Crippen LogP contribution in [0.15, 0.2) is 18.2 Å². The van der Waals surface area contributed by atoms with E-state index in [1.165, 1.54) is 18.2 Å². The molecule has 1 unspecified atom stereocenters. The number of hydrogen-bond acceptors (Lipinski definition) is 2. The Balaban J connectivity index is 2.73. The number of alkyl halides is 3. The van der Waals surface area contributed by atoms with Gasteiger partial charge in [0.25, 0.3) is 0 Å². The Kier molecular flexibility index (Phi) is 4.45. The van der Waals surface area contributed by atoms with E-state index >= 15 is 0 Å². The van der Waals surface area contributed by atoms with Crippen molar-refractivity contribution >= 4 is 17.4 Å². The summed E-state index contributed by atoms with van der Waals surface area (Å²) in [7, 11) is 0. The number of aryl methyl sites for hydroxylation is 1. The van der Waals surface area contributed by atoms with Gasteiger partial charge in [-0.2, -0.15) is 13.2 Å². The van der Waals surface area contributed by atoms with Crippen LogP contribution in [0.3, 0.4) is 0 Å². The van der Waals surface area contributed by atoms with Crippen LogP contribution in [0, 0.1) is 18.3 Å². The number of halogens is 4. The first kappa shape index (κ1) is 14.6. The van der Waals surface area contributed by atoms with E-state index in [1.54, 1.807) is 6.92 Å². The molecule has 100 valence electrons. The molecule has 1 aromatic rings. The van der Waals surface area contributed by atoms with Gasteiger partial charge in [-0.25, -0.2) is 0 Å². The Morgan fingerprint density at radius 1 is 1.50 bits per heavy atom. The van der Waals surface area contributed by atoms with Gasteiger partial charge in [-0.05, 0) is 30.7 Å². The number of nitrogens with two attached hydrogens (primary N) is 1. The molecule has 0 aliphatic heterocycles. The zero-order valence-electron chi connectivity index (χ0n) is 9.51. The maximum Gasteiger partial charge on any atom is 0.401 e. The van der Waals surface area contributed by atoms with Gasteiger partial charge < -0.3 is 10.5 Å². The van der Waals surface area contributed by atoms with E-state index in [-0.39, 0.29) is 5.75 Å². The predicted molar refractivity (Wildman–Crippen MR) is 63.1 cm³/mol. The second-order valence-electron chi connectivity index (χ2n) is 3.77. The zero-order valence-corrected chi connectivity index (χ0v) is 10.3. The van der Waals surface area contributed by atoms with Gasteiger partial charge in [0.15, 0.2) is 0 Å². The molecule has 0 aromatic heterocycles. The van der Waals surface area contributed by atoms with E-state index < -0.39 is 24.5 Å². The van der Waals surface area contributed by atoms with Crippen LogP contribution in [-0.2, 0) is 0 Å². The third kappa shape index (κ3) is 3.80. The van der Waals surface area contributed by atoms with Crippen LogP contribution in [0.25, 0.3) is 0 Å². The summed E-state index contributed by atoms with van der Waals surface area (Å²) in [6.45, 7) is 0.987. The Labute approximate surface area is 107 Å². The van der Waals surface area contributed by atoms with Gasteiger partial charge in [-0.1, -0.05) is 11.6 Å². The quantitative estimate of drug-likeness (QED) is 0.657. The first-order valence-electron chi connectivity index (χ1n) is 5.01. The molecule has 18 heavy (non-hydrogen) atoms. The lowest BCUT2D eigenvalue weighted by Crippen LogP contribution is -2.39. The fourth-order valence-corrected chi connectivity index (χ4v) is 1.36. The molecule has 0 spiro atoms. The standard InChI is InChI=1S/C11H12ClF3N2O/c1-6-4-7(2-3-9(6)12)18-5-8(10(16)17)11(13,14)15/h2-4,8H,5H2,1H3,(H3,16,17). The number of benzene rings is 1. The maximum atomic E-state index is 12.5. The molecule has 1 atom stereocenters. The lowest BCUT2D eigenvalue weighted by molar-refractivity contribution is -0.162. The molecule has 0 aliphatic rings. The molecule has 0 saturated heterocycles. The highest BCUT2D eigenvalue weighted by molar-refractivity contribution is 6.31. The Morgan fingerprint density at radius 3 is 2.56 bits per heavy atom. The van der Waals surface area contributed by atoms with Crippen LogP contribution in [-0.4, -0.2) is 18.6 Å². The van der Waals surface area contributed by atoms with Crippen molar-refractivity contribution < 1.29 is 17.9 Å². The first-order valence-corrected chi connectivity index (χ1v) is 5.39. The smallest absolute Gasteiger partial charge is 0.401 e. The average Bonchev–Trinajstić information content (AvgIpc) is 2.21. The molecule has 0 bridgehead atoms. The lowest BCUT2D eigenvalue weighted by Gasteiger charge is -2.19. The highest BCUT2D eigenvalue weighted by Crippen LogP contribution is 2.28. The van der Waals surface area contributed by atoms with Gasteiger partial charge in [-0.3, -0.25) is 5.41 Å². The van der Waals surface area contributed by atoms with E-state index in [1.807, 2.05) is 0 Å². The number of rotatable bonds is 4. The summed E-state index contributed by atoms with van der Waals surface area (Å²) in [4.78, 5) is 0. The minimum atomic E-state index is -4.59. The molecule has 0 saturated carbocycles. The molecular weight excluding hydrogens is 269 g/mol. The Hall–Kier alpha value is -1.43. The monoisotopic (exact) mass is 280 g/mol. The van der Waals surface area contributed by atoms with Crippen molar-refractivity contribution in [3.8, 4) is 5.75 Å². The van der Waals surface area contributed by atoms with Gasteiger partial charge >= 0.3 is 6.18 Å². The average molecular weight is 281 g/mol. The fraction of sp³-hybridized carbons (Fsp3) is 0.364. The maximum absolute atomic E-state index is 12.5. The van der Waals surface area contributed by atoms with Gasteiger partial charge in [0, 0.05) is 5.02 Å². The normalized spacial score (nSPS) is 13.2. The molecular formula is C11H12ClF3N2O. The molecule has 0 aliphatic carbocycles. The molecule has 7 heteroatoms. The van der Waals surface area contributed by atoms with E-state index in [2.05, 4.69) is 0 Å². The van der Waals surface area contributed by atoms with Crippen LogP contribution in [0.2, 0.25) is 5.02 Å². The van der Waals surface area contributed by atoms with Crippen molar-refractivity contribution in [1.82, 2.24) is 0 Å². The molecule has 0 radical (unpaired) electrons. The Bertz CT molecular complexity index is 448. The summed E-state index contributed by atoms with van der Waals surface area (Å²) < 4.78 is 42.5. The van der Waals surface area contributed by atoms with E-state index in [0.717, 1.165) is 0 Å². The summed E-state index contributed by atoms with van der Waals surface area (Å²) in [5.74, 6) is -2.81. The van der Waals surface area contributed by atoms with E-state index in [0.29, 0.717) is 10.6 Å². The second kappa shape index (κ2) is 5.48.